The molecule has 0 radical (unpaired) electrons. The molecular formula is C24H24FN7O. The Balaban J connectivity index is 1.94. The predicted molar refractivity (Wildman–Crippen MR) is 125 cm³/mol. The van der Waals surface area contributed by atoms with E-state index >= 15 is 0 Å². The van der Waals surface area contributed by atoms with Gasteiger partial charge in [-0.1, -0.05) is 18.7 Å². The highest BCUT2D eigenvalue weighted by Crippen LogP contribution is 2.36. The predicted octanol–water partition coefficient (Wildman–Crippen LogP) is 3.05. The Hall–Kier alpha value is -4.16. The lowest BCUT2D eigenvalue weighted by molar-refractivity contribution is 0.415. The van der Waals surface area contributed by atoms with Gasteiger partial charge in [-0.2, -0.15) is 10.4 Å². The van der Waals surface area contributed by atoms with Crippen molar-refractivity contribution in [1.82, 2.24) is 20.1 Å². The highest BCUT2D eigenvalue weighted by atomic mass is 19.1. The van der Waals surface area contributed by atoms with Crippen molar-refractivity contribution in [2.45, 2.75) is 19.4 Å². The minimum absolute atomic E-state index is 0.0844. The van der Waals surface area contributed by atoms with Crippen LogP contribution >= 0.6 is 0 Å². The first-order valence-corrected chi connectivity index (χ1v) is 10.4. The molecule has 33 heavy (non-hydrogen) atoms. The second-order valence-electron chi connectivity index (χ2n) is 7.93. The van der Waals surface area contributed by atoms with Gasteiger partial charge < -0.3 is 21.5 Å². The van der Waals surface area contributed by atoms with Crippen molar-refractivity contribution in [2.24, 2.45) is 11.5 Å². The van der Waals surface area contributed by atoms with Gasteiger partial charge >= 0.3 is 0 Å². The van der Waals surface area contributed by atoms with Gasteiger partial charge in [0, 0.05) is 36.3 Å². The number of aromatic amines is 1. The van der Waals surface area contributed by atoms with Gasteiger partial charge in [0.15, 0.2) is 5.65 Å². The lowest BCUT2D eigenvalue weighted by Crippen LogP contribution is -2.29. The number of rotatable bonds is 5. The molecule has 0 amide bonds. The fourth-order valence-electron chi connectivity index (χ4n) is 4.06. The van der Waals surface area contributed by atoms with E-state index in [1.807, 2.05) is 4.90 Å². The Morgan fingerprint density at radius 3 is 2.85 bits per heavy atom. The van der Waals surface area contributed by atoms with Gasteiger partial charge in [0.2, 0.25) is 0 Å². The average Bonchev–Trinajstić information content (AvgIpc) is 3.39. The van der Waals surface area contributed by atoms with Gasteiger partial charge in [0.1, 0.15) is 17.6 Å². The minimum Gasteiger partial charge on any atom is -0.508 e. The molecule has 168 valence electrons. The number of aryl methyl sites for hydroxylation is 1. The third-order valence-corrected chi connectivity index (χ3v) is 5.74. The first-order chi connectivity index (χ1) is 15.8. The van der Waals surface area contributed by atoms with E-state index in [-0.39, 0.29) is 28.6 Å². The normalized spacial score (nSPS) is 16.9. The second-order valence-corrected chi connectivity index (χ2v) is 7.93. The maximum Gasteiger partial charge on any atom is 0.156 e. The molecule has 0 bridgehead atoms. The number of phenols is 1. The summed E-state index contributed by atoms with van der Waals surface area (Å²) in [5, 5.41) is 27.4. The molecule has 1 aliphatic rings. The number of fused-ring (bicyclic) bond motifs is 1. The van der Waals surface area contributed by atoms with Crippen molar-refractivity contribution in [3.8, 4) is 23.1 Å². The van der Waals surface area contributed by atoms with E-state index in [0.29, 0.717) is 40.2 Å². The molecule has 0 spiro atoms. The van der Waals surface area contributed by atoms with E-state index < -0.39 is 5.82 Å². The first kappa shape index (κ1) is 22.0. The molecule has 1 aromatic carbocycles. The molecule has 3 aromatic rings. The SMILES string of the molecule is C=C/C(=C\C=C(/N)N1CC[C@@H](N)C1)c1c(C#N)c(-c2ccc(O)cc2F)nc2[nH]nc(C)c12. The van der Waals surface area contributed by atoms with Crippen LogP contribution in [0.15, 0.2) is 48.8 Å². The molecule has 0 aliphatic carbocycles. The highest BCUT2D eigenvalue weighted by molar-refractivity contribution is 5.99. The average molecular weight is 446 g/mol. The summed E-state index contributed by atoms with van der Waals surface area (Å²) in [4.78, 5) is 6.48. The van der Waals surface area contributed by atoms with Gasteiger partial charge in [0.25, 0.3) is 0 Å². The number of hydrogen-bond donors (Lipinski definition) is 4. The van der Waals surface area contributed by atoms with Crippen LogP contribution in [0.25, 0.3) is 27.9 Å². The van der Waals surface area contributed by atoms with E-state index in [9.17, 15) is 14.8 Å². The number of nitrogens with zero attached hydrogens (tertiary/aromatic N) is 4. The molecular weight excluding hydrogens is 421 g/mol. The zero-order valence-corrected chi connectivity index (χ0v) is 18.1. The number of phenolic OH excluding ortho intramolecular Hbond substituents is 1. The summed E-state index contributed by atoms with van der Waals surface area (Å²) in [7, 11) is 0. The van der Waals surface area contributed by atoms with Crippen LogP contribution < -0.4 is 11.5 Å². The van der Waals surface area contributed by atoms with Crippen molar-refractivity contribution < 1.29 is 9.50 Å². The summed E-state index contributed by atoms with van der Waals surface area (Å²) in [6.45, 7) is 7.15. The molecule has 9 heteroatoms. The Morgan fingerprint density at radius 2 is 2.21 bits per heavy atom. The summed E-state index contributed by atoms with van der Waals surface area (Å²) < 4.78 is 14.7. The number of aromatic nitrogens is 3. The van der Waals surface area contributed by atoms with Gasteiger partial charge in [-0.05, 0) is 37.1 Å². The van der Waals surface area contributed by atoms with Gasteiger partial charge in [-0.3, -0.25) is 5.10 Å². The number of H-pyrrole nitrogens is 1. The largest absolute Gasteiger partial charge is 0.508 e. The lowest BCUT2D eigenvalue weighted by atomic mass is 9.92. The molecule has 2 aromatic heterocycles. The number of halogens is 1. The summed E-state index contributed by atoms with van der Waals surface area (Å²) in [6.07, 6.45) is 5.99. The van der Waals surface area contributed by atoms with Crippen LogP contribution in [0.3, 0.4) is 0 Å². The van der Waals surface area contributed by atoms with Crippen LogP contribution in [-0.2, 0) is 0 Å². The fraction of sp³-hybridized carbons (Fsp3) is 0.208. The van der Waals surface area contributed by atoms with Crippen molar-refractivity contribution in [3.05, 3.63) is 71.5 Å². The van der Waals surface area contributed by atoms with Crippen LogP contribution in [0, 0.1) is 24.1 Å². The van der Waals surface area contributed by atoms with Crippen molar-refractivity contribution >= 4 is 16.6 Å². The third-order valence-electron chi connectivity index (χ3n) is 5.74. The summed E-state index contributed by atoms with van der Waals surface area (Å²) in [5.41, 5.74) is 14.8. The number of nitrogens with two attached hydrogens (primary N) is 2. The molecule has 0 saturated carbocycles. The molecule has 3 heterocycles. The zero-order valence-electron chi connectivity index (χ0n) is 18.1. The molecule has 1 saturated heterocycles. The molecule has 8 nitrogen and oxygen atoms in total. The number of aromatic hydroxyl groups is 1. The standard InChI is InChI=1S/C24H24FN7O/c1-3-14(4-7-20(28)32-9-8-15(27)12-32)22-18(11-26)23(17-6-5-16(33)10-19(17)25)29-24-21(22)13(2)30-31-24/h3-7,10,15,33H,1,8-9,12,27-28H2,2H3,(H,29,30,31)/b14-4+,20-7+/t15-/m1/s1. The van der Waals surface area contributed by atoms with Crippen molar-refractivity contribution in [3.63, 3.8) is 0 Å². The van der Waals surface area contributed by atoms with Crippen LogP contribution in [0.5, 0.6) is 5.75 Å². The summed E-state index contributed by atoms with van der Waals surface area (Å²) >= 11 is 0. The van der Waals surface area contributed by atoms with Crippen LogP contribution in [0.2, 0.25) is 0 Å². The molecule has 0 unspecified atom stereocenters. The Bertz CT molecular complexity index is 1350. The maximum absolute atomic E-state index is 14.7. The number of nitriles is 1. The van der Waals surface area contributed by atoms with Crippen LogP contribution in [0.1, 0.15) is 23.2 Å². The Morgan fingerprint density at radius 1 is 1.42 bits per heavy atom. The van der Waals surface area contributed by atoms with Gasteiger partial charge in [0.05, 0.1) is 28.2 Å². The molecule has 1 fully saturated rings. The van der Waals surface area contributed by atoms with Crippen LogP contribution in [0.4, 0.5) is 4.39 Å². The number of likely N-dealkylation sites (tertiary alicyclic amines) is 1. The quantitative estimate of drug-likeness (QED) is 0.442. The van der Waals surface area contributed by atoms with Crippen LogP contribution in [-0.4, -0.2) is 44.3 Å². The number of pyridine rings is 1. The van der Waals surface area contributed by atoms with Gasteiger partial charge in [-0.25, -0.2) is 9.37 Å². The summed E-state index contributed by atoms with van der Waals surface area (Å²) in [6, 6.07) is 5.97. The lowest BCUT2D eigenvalue weighted by Gasteiger charge is -2.17. The third kappa shape index (κ3) is 4.04. The smallest absolute Gasteiger partial charge is 0.156 e. The number of nitrogens with one attached hydrogen (secondary N) is 1. The maximum atomic E-state index is 14.7. The fourth-order valence-corrected chi connectivity index (χ4v) is 4.06. The van der Waals surface area contributed by atoms with E-state index in [1.165, 1.54) is 12.1 Å². The van der Waals surface area contributed by atoms with E-state index in [0.717, 1.165) is 19.0 Å². The molecule has 4 rings (SSSR count). The van der Waals surface area contributed by atoms with Gasteiger partial charge in [-0.15, -0.1) is 0 Å². The Labute approximate surface area is 190 Å². The minimum atomic E-state index is -0.695. The topological polar surface area (TPSA) is 141 Å². The second kappa shape index (κ2) is 8.76. The van der Waals surface area contributed by atoms with Crippen molar-refractivity contribution in [2.75, 3.05) is 13.1 Å². The Kier molecular flexibility index (Phi) is 5.85. The molecule has 1 aliphatic heterocycles. The first-order valence-electron chi connectivity index (χ1n) is 10.4. The zero-order chi connectivity index (χ0) is 23.7. The number of hydrogen-bond acceptors (Lipinski definition) is 7. The van der Waals surface area contributed by atoms with E-state index in [4.69, 9.17) is 11.5 Å². The summed E-state index contributed by atoms with van der Waals surface area (Å²) in [5.74, 6) is -0.360. The molecule has 1 atom stereocenters. The number of allylic oxidation sites excluding steroid dienone is 4. The highest BCUT2D eigenvalue weighted by Gasteiger charge is 2.23. The molecule has 6 N–H and O–H groups in total. The van der Waals surface area contributed by atoms with E-state index in [2.05, 4.69) is 27.8 Å². The monoisotopic (exact) mass is 445 g/mol. The number of benzene rings is 1. The van der Waals surface area contributed by atoms with E-state index in [1.54, 1.807) is 25.2 Å². The van der Waals surface area contributed by atoms with Crippen molar-refractivity contribution in [1.29, 1.82) is 5.26 Å².